The van der Waals surface area contributed by atoms with E-state index >= 15 is 0 Å². The Morgan fingerprint density at radius 2 is 2.38 bits per heavy atom. The van der Waals surface area contributed by atoms with Gasteiger partial charge in [0.15, 0.2) is 0 Å². The molecule has 0 atom stereocenters. The summed E-state index contributed by atoms with van der Waals surface area (Å²) in [5.74, 6) is 0. The van der Waals surface area contributed by atoms with Crippen molar-refractivity contribution in [3.8, 4) is 0 Å². The maximum atomic E-state index is 5.18. The Morgan fingerprint density at radius 3 is 2.75 bits per heavy atom. The predicted octanol–water partition coefficient (Wildman–Crippen LogP) is -1.67. The van der Waals surface area contributed by atoms with Crippen molar-refractivity contribution in [1.29, 1.82) is 0 Å². The third-order valence-electron chi connectivity index (χ3n) is 0.525. The van der Waals surface area contributed by atoms with Gasteiger partial charge in [-0.05, 0) is 0 Å². The van der Waals surface area contributed by atoms with Crippen molar-refractivity contribution in [1.82, 2.24) is 5.32 Å². The van der Waals surface area contributed by atoms with Crippen LogP contribution in [0, 0.1) is 6.54 Å². The first-order chi connectivity index (χ1) is 3.77. The van der Waals surface area contributed by atoms with Crippen molar-refractivity contribution >= 4 is 4.54 Å². The van der Waals surface area contributed by atoms with Crippen LogP contribution in [0.5, 0.6) is 0 Å². The normalized spacial score (nSPS) is 9.25. The van der Waals surface area contributed by atoms with Crippen LogP contribution in [0.1, 0.15) is 0 Å². The van der Waals surface area contributed by atoms with Crippen molar-refractivity contribution in [3.05, 3.63) is 6.54 Å². The van der Waals surface area contributed by atoms with E-state index in [4.69, 9.17) is 11.5 Å². The molecule has 8 heavy (non-hydrogen) atoms. The number of nitrogens with one attached hydrogen (secondary N) is 1. The van der Waals surface area contributed by atoms with Gasteiger partial charge in [-0.1, -0.05) is 0 Å². The molecule has 0 heterocycles. The van der Waals surface area contributed by atoms with Crippen LogP contribution in [0.15, 0.2) is 0 Å². The second kappa shape index (κ2) is 5.41. The Kier molecular flexibility index (Phi) is 5.59. The summed E-state index contributed by atoms with van der Waals surface area (Å²) in [6.07, 6.45) is 0. The van der Waals surface area contributed by atoms with Gasteiger partial charge in [-0.15, -0.1) is 0 Å². The number of rotatable bonds is 4. The second-order valence-corrected chi connectivity index (χ2v) is 1.90. The van der Waals surface area contributed by atoms with Crippen LogP contribution < -0.4 is 16.8 Å². The minimum absolute atomic E-state index is 0.526. The van der Waals surface area contributed by atoms with E-state index in [0.717, 1.165) is 6.54 Å². The van der Waals surface area contributed by atoms with Crippen LogP contribution >= 0.6 is 0 Å². The molecule has 0 spiro atoms. The number of nitrogens with two attached hydrogens (primary N) is 2. The molecule has 3 nitrogen and oxygen atoms in total. The zero-order valence-corrected chi connectivity index (χ0v) is 5.60. The summed E-state index contributed by atoms with van der Waals surface area (Å²) in [4.78, 5) is 0. The molecule has 0 aromatic heterocycles. The van der Waals surface area contributed by atoms with Gasteiger partial charge in [0.25, 0.3) is 0 Å². The molecule has 0 aromatic rings. The van der Waals surface area contributed by atoms with E-state index in [1.165, 1.54) is 0 Å². The molecular weight excluding hydrogens is 146 g/mol. The van der Waals surface area contributed by atoms with E-state index in [9.17, 15) is 0 Å². The zero-order chi connectivity index (χ0) is 6.41. The predicted molar refractivity (Wildman–Crippen MR) is 30.6 cm³/mol. The second-order valence-electron chi connectivity index (χ2n) is 1.26. The minimum atomic E-state index is 0.526. The fourth-order valence-corrected chi connectivity index (χ4v) is 0.363. The molecular formula is C4H10FeN3. The first-order valence-corrected chi connectivity index (χ1v) is 2.86. The molecule has 0 unspecified atom stereocenters. The zero-order valence-electron chi connectivity index (χ0n) is 4.50. The Bertz CT molecular complexity index is 73.7. The average molecular weight is 156 g/mol. The van der Waals surface area contributed by atoms with Gasteiger partial charge in [-0.25, -0.2) is 0 Å². The molecule has 0 bridgehead atoms. The quantitative estimate of drug-likeness (QED) is 0.259. The van der Waals surface area contributed by atoms with E-state index in [1.54, 1.807) is 6.54 Å². The Morgan fingerprint density at radius 1 is 1.75 bits per heavy atom. The summed E-state index contributed by atoms with van der Waals surface area (Å²) >= 11 is 3.45. The topological polar surface area (TPSA) is 64.1 Å². The van der Waals surface area contributed by atoms with E-state index < -0.39 is 0 Å². The van der Waals surface area contributed by atoms with Gasteiger partial charge in [0.1, 0.15) is 0 Å². The standard InChI is InChI=1S/C4H10N3.Fe/c5-1-3-7-4-2-6;/h4,7H,1,3,5-6H2;/q-1;+1. The third kappa shape index (κ3) is 6.27. The van der Waals surface area contributed by atoms with E-state index in [1.807, 2.05) is 0 Å². The molecule has 4 heteroatoms. The molecule has 0 fully saturated rings. The first-order valence-electron chi connectivity index (χ1n) is 2.30. The first kappa shape index (κ1) is 8.27. The third-order valence-corrected chi connectivity index (χ3v) is 0.684. The summed E-state index contributed by atoms with van der Waals surface area (Å²) in [5.41, 5.74) is 10.3. The summed E-state index contributed by atoms with van der Waals surface area (Å²) in [6.45, 7) is 2.99. The maximum absolute atomic E-state index is 5.18. The Labute approximate surface area is 57.2 Å². The SMILES string of the molecule is NCCN[CH-][C](N)=[Fe+]. The Balaban J connectivity index is 2.82. The van der Waals surface area contributed by atoms with E-state index in [-0.39, 0.29) is 0 Å². The van der Waals surface area contributed by atoms with Crippen molar-refractivity contribution < 1.29 is 15.6 Å². The fourth-order valence-electron chi connectivity index (χ4n) is 0.251. The van der Waals surface area contributed by atoms with Crippen LogP contribution in [0.4, 0.5) is 0 Å². The molecule has 0 amide bonds. The van der Waals surface area contributed by atoms with Crippen LogP contribution in [0.3, 0.4) is 0 Å². The average Bonchev–Trinajstić information content (AvgIpc) is 1.66. The van der Waals surface area contributed by atoms with Crippen LogP contribution in [-0.4, -0.2) is 17.6 Å². The number of hydrogen-bond donors (Lipinski definition) is 3. The molecule has 0 saturated carbocycles. The van der Waals surface area contributed by atoms with Crippen LogP contribution in [0.2, 0.25) is 0 Å². The van der Waals surface area contributed by atoms with Crippen molar-refractivity contribution in [2.75, 3.05) is 13.1 Å². The Hall–Kier alpha value is 0.269. The van der Waals surface area contributed by atoms with Gasteiger partial charge in [0, 0.05) is 0 Å². The molecule has 0 aliphatic rings. The van der Waals surface area contributed by atoms with E-state index in [0.29, 0.717) is 11.1 Å². The molecule has 0 rings (SSSR count). The van der Waals surface area contributed by atoms with Gasteiger partial charge in [-0.3, -0.25) is 0 Å². The van der Waals surface area contributed by atoms with E-state index in [2.05, 4.69) is 20.9 Å². The molecule has 0 saturated heterocycles. The van der Waals surface area contributed by atoms with Gasteiger partial charge < -0.3 is 0 Å². The monoisotopic (exact) mass is 156 g/mol. The summed E-state index contributed by atoms with van der Waals surface area (Å²) < 4.78 is 0.526. The van der Waals surface area contributed by atoms with Crippen LogP contribution in [-0.2, 0) is 15.6 Å². The molecule has 0 aliphatic carbocycles. The molecule has 0 aromatic carbocycles. The molecule has 49 valence electrons. The van der Waals surface area contributed by atoms with Crippen molar-refractivity contribution in [3.63, 3.8) is 0 Å². The molecule has 5 N–H and O–H groups in total. The summed E-state index contributed by atoms with van der Waals surface area (Å²) in [5, 5.41) is 2.86. The van der Waals surface area contributed by atoms with Gasteiger partial charge >= 0.3 is 56.5 Å². The molecule has 0 aliphatic heterocycles. The van der Waals surface area contributed by atoms with Gasteiger partial charge in [0.2, 0.25) is 0 Å². The van der Waals surface area contributed by atoms with Gasteiger partial charge in [-0.2, -0.15) is 0 Å². The van der Waals surface area contributed by atoms with Crippen molar-refractivity contribution in [2.45, 2.75) is 0 Å². The van der Waals surface area contributed by atoms with Crippen molar-refractivity contribution in [2.24, 2.45) is 11.5 Å². The fraction of sp³-hybridized carbons (Fsp3) is 0.500. The summed E-state index contributed by atoms with van der Waals surface area (Å²) in [6, 6.07) is 0. The number of hydrogen-bond acceptors (Lipinski definition) is 3. The summed E-state index contributed by atoms with van der Waals surface area (Å²) in [7, 11) is 0. The van der Waals surface area contributed by atoms with Crippen LogP contribution in [0.25, 0.3) is 0 Å². The molecule has 0 radical (unpaired) electrons. The van der Waals surface area contributed by atoms with Gasteiger partial charge in [0.05, 0.1) is 0 Å².